The third kappa shape index (κ3) is 3.87. The van der Waals surface area contributed by atoms with Gasteiger partial charge in [-0.3, -0.25) is 0 Å². The van der Waals surface area contributed by atoms with Gasteiger partial charge in [0.1, 0.15) is 0 Å². The van der Waals surface area contributed by atoms with Crippen molar-refractivity contribution in [2.45, 2.75) is 45.2 Å². The Labute approximate surface area is 116 Å². The maximum absolute atomic E-state index is 13.4. The molecule has 0 fully saturated rings. The van der Waals surface area contributed by atoms with Gasteiger partial charge < -0.3 is 4.74 Å². The average molecular weight is 292 g/mol. The van der Waals surface area contributed by atoms with Crippen molar-refractivity contribution in [3.05, 3.63) is 29.6 Å². The highest BCUT2D eigenvalue weighted by molar-refractivity contribution is 5.34. The molecule has 20 heavy (non-hydrogen) atoms. The largest absolute Gasteiger partial charge is 0.494 e. The van der Waals surface area contributed by atoms with Crippen molar-refractivity contribution in [3.63, 3.8) is 0 Å². The van der Waals surface area contributed by atoms with Crippen LogP contribution in [0.1, 0.15) is 39.2 Å². The van der Waals surface area contributed by atoms with Gasteiger partial charge in [0.2, 0.25) is 0 Å². The lowest BCUT2D eigenvalue weighted by Crippen LogP contribution is -2.30. The van der Waals surface area contributed by atoms with E-state index in [0.717, 1.165) is 0 Å². The number of halogens is 4. The predicted molar refractivity (Wildman–Crippen MR) is 70.4 cm³/mol. The zero-order chi connectivity index (χ0) is 15.6. The lowest BCUT2D eigenvalue weighted by Gasteiger charge is -2.31. The first kappa shape index (κ1) is 16.8. The van der Waals surface area contributed by atoms with Gasteiger partial charge in [0, 0.05) is 0 Å². The average Bonchev–Trinajstić information content (AvgIpc) is 2.35. The van der Waals surface area contributed by atoms with Gasteiger partial charge in [-0.25, -0.2) is 4.39 Å². The maximum atomic E-state index is 13.4. The maximum Gasteiger partial charge on any atom is 0.391 e. The van der Waals surface area contributed by atoms with Crippen LogP contribution in [0.5, 0.6) is 5.75 Å². The number of ether oxygens (including phenoxy) is 1. The molecule has 1 aromatic carbocycles. The van der Waals surface area contributed by atoms with Crippen LogP contribution in [0, 0.1) is 11.7 Å². The van der Waals surface area contributed by atoms with Gasteiger partial charge in [-0.2, -0.15) is 13.2 Å². The molecular weight excluding hydrogens is 272 g/mol. The summed E-state index contributed by atoms with van der Waals surface area (Å²) in [5, 5.41) is 0. The molecule has 0 amide bonds. The molecule has 114 valence electrons. The summed E-state index contributed by atoms with van der Waals surface area (Å²) in [6, 6.07) is 4.21. The van der Waals surface area contributed by atoms with Crippen LogP contribution < -0.4 is 4.74 Å². The van der Waals surface area contributed by atoms with Crippen molar-refractivity contribution < 1.29 is 22.3 Å². The van der Waals surface area contributed by atoms with E-state index in [1.54, 1.807) is 13.8 Å². The highest BCUT2D eigenvalue weighted by Gasteiger charge is 2.41. The molecule has 0 saturated heterocycles. The number of hydrogen-bond donors (Lipinski definition) is 0. The molecule has 0 aromatic heterocycles. The molecular formula is C15H20F4O. The minimum absolute atomic E-state index is 0.0330. The Morgan fingerprint density at radius 2 is 1.80 bits per heavy atom. The zero-order valence-electron chi connectivity index (χ0n) is 12.1. The van der Waals surface area contributed by atoms with E-state index in [4.69, 9.17) is 4.74 Å². The van der Waals surface area contributed by atoms with E-state index in [9.17, 15) is 17.6 Å². The highest BCUT2D eigenvalue weighted by Crippen LogP contribution is 2.40. The highest BCUT2D eigenvalue weighted by atomic mass is 19.4. The molecule has 5 heteroatoms. The fourth-order valence-electron chi connectivity index (χ4n) is 2.31. The van der Waals surface area contributed by atoms with Crippen molar-refractivity contribution in [2.24, 2.45) is 5.92 Å². The van der Waals surface area contributed by atoms with Crippen LogP contribution in [0.2, 0.25) is 0 Å². The van der Waals surface area contributed by atoms with E-state index in [2.05, 4.69) is 0 Å². The molecule has 1 aromatic rings. The Balaban J connectivity index is 3.04. The SMILES string of the molecule is CCC(CC(C)(C)c1ccc(F)c(OC)c1)C(F)(F)F. The summed E-state index contributed by atoms with van der Waals surface area (Å²) in [5.41, 5.74) is -0.0737. The number of methoxy groups -OCH3 is 1. The molecule has 1 unspecified atom stereocenters. The van der Waals surface area contributed by atoms with Gasteiger partial charge >= 0.3 is 6.18 Å². The zero-order valence-corrected chi connectivity index (χ0v) is 12.1. The van der Waals surface area contributed by atoms with E-state index >= 15 is 0 Å². The first-order valence-electron chi connectivity index (χ1n) is 6.52. The Kier molecular flexibility index (Phi) is 5.05. The lowest BCUT2D eigenvalue weighted by atomic mass is 9.76. The van der Waals surface area contributed by atoms with Crippen molar-refractivity contribution in [2.75, 3.05) is 7.11 Å². The second kappa shape index (κ2) is 6.02. The van der Waals surface area contributed by atoms with Gasteiger partial charge in [0.15, 0.2) is 11.6 Å². The van der Waals surface area contributed by atoms with E-state index in [1.165, 1.54) is 32.2 Å². The molecule has 0 aliphatic rings. The number of alkyl halides is 3. The Morgan fingerprint density at radius 3 is 2.25 bits per heavy atom. The summed E-state index contributed by atoms with van der Waals surface area (Å²) in [4.78, 5) is 0. The number of rotatable bonds is 5. The Morgan fingerprint density at radius 1 is 1.20 bits per heavy atom. The summed E-state index contributed by atoms with van der Waals surface area (Å²) < 4.78 is 56.9. The van der Waals surface area contributed by atoms with Crippen LogP contribution >= 0.6 is 0 Å². The van der Waals surface area contributed by atoms with E-state index in [1.807, 2.05) is 0 Å². The normalized spacial score (nSPS) is 14.2. The molecule has 0 bridgehead atoms. The van der Waals surface area contributed by atoms with Crippen molar-refractivity contribution in [1.29, 1.82) is 0 Å². The molecule has 0 radical (unpaired) electrons. The van der Waals surface area contributed by atoms with Gasteiger partial charge in [0.25, 0.3) is 0 Å². The first-order chi connectivity index (χ1) is 9.11. The van der Waals surface area contributed by atoms with Gasteiger partial charge in [-0.05, 0) is 36.0 Å². The standard InChI is InChI=1S/C15H20F4O/c1-5-10(15(17,18)19)9-14(2,3)11-6-7-12(16)13(8-11)20-4/h6-8,10H,5,9H2,1-4H3. The molecule has 0 spiro atoms. The second-order valence-electron chi connectivity index (χ2n) is 5.58. The summed E-state index contributed by atoms with van der Waals surface area (Å²) in [6.45, 7) is 4.99. The quantitative estimate of drug-likeness (QED) is 0.687. The van der Waals surface area contributed by atoms with E-state index in [-0.39, 0.29) is 18.6 Å². The van der Waals surface area contributed by atoms with Crippen LogP contribution in [0.15, 0.2) is 18.2 Å². The fourth-order valence-corrected chi connectivity index (χ4v) is 2.31. The first-order valence-corrected chi connectivity index (χ1v) is 6.52. The number of benzene rings is 1. The van der Waals surface area contributed by atoms with E-state index in [0.29, 0.717) is 5.56 Å². The van der Waals surface area contributed by atoms with Crippen molar-refractivity contribution in [3.8, 4) is 5.75 Å². The summed E-state index contributed by atoms with van der Waals surface area (Å²) in [6.07, 6.45) is -4.22. The molecule has 0 N–H and O–H groups in total. The predicted octanol–water partition coefficient (Wildman–Crippen LogP) is 5.09. The molecule has 0 heterocycles. The minimum atomic E-state index is -4.21. The minimum Gasteiger partial charge on any atom is -0.494 e. The molecule has 0 saturated carbocycles. The topological polar surface area (TPSA) is 9.23 Å². The van der Waals surface area contributed by atoms with Crippen molar-refractivity contribution in [1.82, 2.24) is 0 Å². The Bertz CT molecular complexity index is 452. The third-order valence-corrected chi connectivity index (χ3v) is 3.65. The van der Waals surface area contributed by atoms with Gasteiger partial charge in [-0.1, -0.05) is 26.8 Å². The number of hydrogen-bond acceptors (Lipinski definition) is 1. The second-order valence-corrected chi connectivity index (χ2v) is 5.58. The molecule has 1 atom stereocenters. The van der Waals surface area contributed by atoms with Crippen LogP contribution in [-0.2, 0) is 5.41 Å². The summed E-state index contributed by atoms with van der Waals surface area (Å²) in [5.74, 6) is -1.83. The molecule has 0 aliphatic carbocycles. The van der Waals surface area contributed by atoms with E-state index < -0.39 is 23.3 Å². The van der Waals surface area contributed by atoms with Crippen LogP contribution in [0.3, 0.4) is 0 Å². The summed E-state index contributed by atoms with van der Waals surface area (Å²) >= 11 is 0. The molecule has 1 rings (SSSR count). The molecule has 1 nitrogen and oxygen atoms in total. The molecule has 0 aliphatic heterocycles. The van der Waals surface area contributed by atoms with Gasteiger partial charge in [-0.15, -0.1) is 0 Å². The third-order valence-electron chi connectivity index (χ3n) is 3.65. The monoisotopic (exact) mass is 292 g/mol. The smallest absolute Gasteiger partial charge is 0.391 e. The lowest BCUT2D eigenvalue weighted by molar-refractivity contribution is -0.180. The van der Waals surface area contributed by atoms with Crippen molar-refractivity contribution >= 4 is 0 Å². The fraction of sp³-hybridized carbons (Fsp3) is 0.600. The van der Waals surface area contributed by atoms with Crippen LogP contribution in [-0.4, -0.2) is 13.3 Å². The van der Waals surface area contributed by atoms with Crippen LogP contribution in [0.25, 0.3) is 0 Å². The summed E-state index contributed by atoms with van der Waals surface area (Å²) in [7, 11) is 1.33. The van der Waals surface area contributed by atoms with Gasteiger partial charge in [0.05, 0.1) is 13.0 Å². The Hall–Kier alpha value is -1.26. The van der Waals surface area contributed by atoms with Crippen LogP contribution in [0.4, 0.5) is 17.6 Å².